The smallest absolute Gasteiger partial charge is 0.254 e. The Balaban J connectivity index is 1.56. The van der Waals surface area contributed by atoms with Crippen molar-refractivity contribution >= 4 is 11.8 Å². The molecule has 0 unspecified atom stereocenters. The molecule has 1 aromatic heterocycles. The van der Waals surface area contributed by atoms with Crippen LogP contribution in [-0.2, 0) is 24.4 Å². The van der Waals surface area contributed by atoms with Crippen LogP contribution in [0.4, 0.5) is 4.39 Å². The maximum atomic E-state index is 13.8. The Bertz CT molecular complexity index is 1320. The molecular formula is C32H34FN3O2. The van der Waals surface area contributed by atoms with E-state index in [2.05, 4.69) is 4.57 Å². The van der Waals surface area contributed by atoms with E-state index in [0.717, 1.165) is 16.8 Å². The van der Waals surface area contributed by atoms with Gasteiger partial charge in [0.2, 0.25) is 5.91 Å². The van der Waals surface area contributed by atoms with E-state index in [1.165, 1.54) is 12.1 Å². The average molecular weight is 512 g/mol. The lowest BCUT2D eigenvalue weighted by atomic mass is 10.1. The number of nitrogens with zero attached hydrogens (tertiary/aromatic N) is 3. The zero-order valence-corrected chi connectivity index (χ0v) is 22.0. The van der Waals surface area contributed by atoms with Gasteiger partial charge in [-0.25, -0.2) is 4.39 Å². The van der Waals surface area contributed by atoms with Crippen molar-refractivity contribution in [3.05, 3.63) is 131 Å². The van der Waals surface area contributed by atoms with Crippen molar-refractivity contribution < 1.29 is 14.0 Å². The minimum atomic E-state index is -0.267. The number of hydrogen-bond donors (Lipinski definition) is 0. The molecule has 4 rings (SSSR count). The molecule has 0 saturated heterocycles. The van der Waals surface area contributed by atoms with Gasteiger partial charge in [-0.15, -0.1) is 0 Å². The van der Waals surface area contributed by atoms with E-state index in [-0.39, 0.29) is 30.1 Å². The molecule has 196 valence electrons. The summed E-state index contributed by atoms with van der Waals surface area (Å²) in [5, 5.41) is 0. The highest BCUT2D eigenvalue weighted by Crippen LogP contribution is 2.16. The quantitative estimate of drug-likeness (QED) is 0.248. The fraction of sp³-hybridized carbons (Fsp3) is 0.250. The van der Waals surface area contributed by atoms with Crippen molar-refractivity contribution in [2.45, 2.75) is 33.5 Å². The molecule has 0 aliphatic rings. The normalized spacial score (nSPS) is 10.9. The first kappa shape index (κ1) is 26.9. The molecular weight excluding hydrogens is 477 g/mol. The molecule has 0 aliphatic heterocycles. The van der Waals surface area contributed by atoms with E-state index in [1.54, 1.807) is 34.1 Å². The largest absolute Gasteiger partial charge is 0.345 e. The first-order valence-electron chi connectivity index (χ1n) is 12.9. The van der Waals surface area contributed by atoms with Crippen LogP contribution in [0.25, 0.3) is 0 Å². The Morgan fingerprint density at radius 2 is 1.42 bits per heavy atom. The van der Waals surface area contributed by atoms with Crippen LogP contribution in [-0.4, -0.2) is 39.3 Å². The lowest BCUT2D eigenvalue weighted by molar-refractivity contribution is -0.133. The molecule has 0 radical (unpaired) electrons. The topological polar surface area (TPSA) is 45.6 Å². The van der Waals surface area contributed by atoms with Crippen LogP contribution in [0.2, 0.25) is 0 Å². The van der Waals surface area contributed by atoms with Gasteiger partial charge in [0.1, 0.15) is 12.4 Å². The Labute approximate surface area is 224 Å². The second kappa shape index (κ2) is 12.9. The highest BCUT2D eigenvalue weighted by atomic mass is 19.1. The van der Waals surface area contributed by atoms with Gasteiger partial charge in [0.15, 0.2) is 0 Å². The average Bonchev–Trinajstić information content (AvgIpc) is 3.36. The van der Waals surface area contributed by atoms with Crippen molar-refractivity contribution in [3.63, 3.8) is 0 Å². The zero-order valence-electron chi connectivity index (χ0n) is 22.0. The molecule has 5 nitrogen and oxygen atoms in total. The molecule has 2 amide bonds. The first-order chi connectivity index (χ1) is 18.4. The van der Waals surface area contributed by atoms with Crippen molar-refractivity contribution in [3.8, 4) is 0 Å². The third-order valence-corrected chi connectivity index (χ3v) is 6.33. The van der Waals surface area contributed by atoms with Gasteiger partial charge >= 0.3 is 0 Å². The molecule has 0 bridgehead atoms. The molecule has 6 heteroatoms. The predicted octanol–water partition coefficient (Wildman–Crippen LogP) is 6.00. The van der Waals surface area contributed by atoms with Crippen molar-refractivity contribution in [1.82, 2.24) is 14.4 Å². The fourth-order valence-electron chi connectivity index (χ4n) is 4.45. The number of carbonyl (C=O) groups is 2. The molecule has 4 aromatic rings. The lowest BCUT2D eigenvalue weighted by Gasteiger charge is -2.29. The summed E-state index contributed by atoms with van der Waals surface area (Å²) in [6.45, 7) is 5.95. The highest BCUT2D eigenvalue weighted by molar-refractivity contribution is 5.96. The van der Waals surface area contributed by atoms with Gasteiger partial charge in [-0.3, -0.25) is 9.59 Å². The number of amides is 2. The zero-order chi connectivity index (χ0) is 26.9. The van der Waals surface area contributed by atoms with Gasteiger partial charge in [-0.05, 0) is 53.4 Å². The second-order valence-electron chi connectivity index (χ2n) is 9.93. The summed E-state index contributed by atoms with van der Waals surface area (Å²) in [4.78, 5) is 30.6. The monoisotopic (exact) mass is 511 g/mol. The number of benzene rings is 3. The van der Waals surface area contributed by atoms with Crippen LogP contribution in [0.5, 0.6) is 0 Å². The van der Waals surface area contributed by atoms with Gasteiger partial charge in [-0.1, -0.05) is 74.5 Å². The minimum Gasteiger partial charge on any atom is -0.345 e. The summed E-state index contributed by atoms with van der Waals surface area (Å²) in [6, 6.07) is 29.4. The van der Waals surface area contributed by atoms with Crippen LogP contribution in [0.1, 0.15) is 41.0 Å². The summed E-state index contributed by atoms with van der Waals surface area (Å²) in [5.74, 6) is -0.316. The van der Waals surface area contributed by atoms with Crippen molar-refractivity contribution in [2.75, 3.05) is 13.1 Å². The molecule has 0 spiro atoms. The number of hydrogen-bond acceptors (Lipinski definition) is 2. The molecule has 0 aliphatic carbocycles. The van der Waals surface area contributed by atoms with E-state index in [4.69, 9.17) is 0 Å². The highest BCUT2D eigenvalue weighted by Gasteiger charge is 2.24. The summed E-state index contributed by atoms with van der Waals surface area (Å²) < 4.78 is 15.5. The molecule has 1 heterocycles. The van der Waals surface area contributed by atoms with Gasteiger partial charge in [0.05, 0.1) is 6.54 Å². The number of carbonyl (C=O) groups excluding carboxylic acids is 2. The number of rotatable bonds is 11. The Morgan fingerprint density at radius 3 is 2.08 bits per heavy atom. The maximum absolute atomic E-state index is 13.8. The van der Waals surface area contributed by atoms with E-state index in [0.29, 0.717) is 31.7 Å². The predicted molar refractivity (Wildman–Crippen MR) is 148 cm³/mol. The molecule has 3 aromatic carbocycles. The van der Waals surface area contributed by atoms with E-state index >= 15 is 0 Å². The molecule has 0 atom stereocenters. The molecule has 0 N–H and O–H groups in total. The maximum Gasteiger partial charge on any atom is 0.254 e. The molecule has 38 heavy (non-hydrogen) atoms. The third kappa shape index (κ3) is 7.42. The van der Waals surface area contributed by atoms with Crippen LogP contribution in [0.15, 0.2) is 103 Å². The Kier molecular flexibility index (Phi) is 9.09. The minimum absolute atomic E-state index is 0.00257. The molecule has 0 fully saturated rings. The van der Waals surface area contributed by atoms with Gasteiger partial charge < -0.3 is 14.4 Å². The lowest BCUT2D eigenvalue weighted by Crippen LogP contribution is -2.44. The summed E-state index contributed by atoms with van der Waals surface area (Å²) in [5.41, 5.74) is 3.52. The Hall–Kier alpha value is -4.19. The summed E-state index contributed by atoms with van der Waals surface area (Å²) in [6.07, 6.45) is 1.97. The van der Waals surface area contributed by atoms with E-state index in [9.17, 15) is 14.0 Å². The fourth-order valence-corrected chi connectivity index (χ4v) is 4.45. The van der Waals surface area contributed by atoms with Crippen LogP contribution >= 0.6 is 0 Å². The number of aromatic nitrogens is 1. The van der Waals surface area contributed by atoms with Gasteiger partial charge in [-0.2, -0.15) is 0 Å². The second-order valence-corrected chi connectivity index (χ2v) is 9.93. The van der Waals surface area contributed by atoms with Crippen LogP contribution < -0.4 is 0 Å². The van der Waals surface area contributed by atoms with Gasteiger partial charge in [0, 0.05) is 37.1 Å². The van der Waals surface area contributed by atoms with Gasteiger partial charge in [0.25, 0.3) is 5.91 Å². The van der Waals surface area contributed by atoms with E-state index in [1.807, 2.05) is 80.7 Å². The van der Waals surface area contributed by atoms with Crippen LogP contribution in [0, 0.1) is 11.7 Å². The van der Waals surface area contributed by atoms with Crippen LogP contribution in [0.3, 0.4) is 0 Å². The third-order valence-electron chi connectivity index (χ3n) is 6.33. The van der Waals surface area contributed by atoms with Crippen molar-refractivity contribution in [2.24, 2.45) is 5.92 Å². The summed E-state index contributed by atoms with van der Waals surface area (Å²) >= 11 is 0. The van der Waals surface area contributed by atoms with E-state index < -0.39 is 0 Å². The number of halogens is 1. The summed E-state index contributed by atoms with van der Waals surface area (Å²) in [7, 11) is 0. The van der Waals surface area contributed by atoms with Crippen molar-refractivity contribution in [1.29, 1.82) is 0 Å². The standard InChI is InChI=1S/C32H34FN3O2/c1-25(2)20-36(32(38)28-12-7-4-8-13-28)24-31(37)35(22-26-10-5-3-6-11-26)23-30-14-9-19-34(30)21-27-15-17-29(33)18-16-27/h3-19,25H,20-24H2,1-2H3. The Morgan fingerprint density at radius 1 is 0.763 bits per heavy atom. The molecule has 0 saturated carbocycles. The SMILES string of the molecule is CC(C)CN(CC(=O)N(Cc1ccccc1)Cc1cccn1Cc1ccc(F)cc1)C(=O)c1ccccc1. The first-order valence-corrected chi connectivity index (χ1v) is 12.9.